The number of anilines is 1. The summed E-state index contributed by atoms with van der Waals surface area (Å²) in [6.07, 6.45) is -1.82. The number of hydrogen-bond donors (Lipinski definition) is 1. The van der Waals surface area contributed by atoms with E-state index in [0.717, 1.165) is 6.07 Å². The summed E-state index contributed by atoms with van der Waals surface area (Å²) in [5.41, 5.74) is -1.33. The summed E-state index contributed by atoms with van der Waals surface area (Å²) < 4.78 is 66.5. The summed E-state index contributed by atoms with van der Waals surface area (Å²) in [4.78, 5) is 15.3. The molecule has 142 valence electrons. The molecular formula is C19H15F5N2O. The Labute approximate surface area is 152 Å². The maximum Gasteiger partial charge on any atom is 0.418 e. The number of carbonyl (C=O) groups is 1. The number of carbonyl (C=O) groups excluding carboxylic acids is 1. The Bertz CT molecular complexity index is 903. The van der Waals surface area contributed by atoms with Crippen molar-refractivity contribution in [2.45, 2.75) is 19.5 Å². The Morgan fingerprint density at radius 1 is 1.26 bits per heavy atom. The van der Waals surface area contributed by atoms with Crippen LogP contribution >= 0.6 is 0 Å². The van der Waals surface area contributed by atoms with Gasteiger partial charge in [0.05, 0.1) is 11.1 Å². The van der Waals surface area contributed by atoms with Crippen molar-refractivity contribution >= 4 is 11.6 Å². The van der Waals surface area contributed by atoms with Crippen molar-refractivity contribution < 1.29 is 26.7 Å². The Morgan fingerprint density at radius 2 is 1.96 bits per heavy atom. The van der Waals surface area contributed by atoms with Crippen molar-refractivity contribution in [1.82, 2.24) is 4.98 Å². The highest BCUT2D eigenvalue weighted by Gasteiger charge is 2.33. The molecule has 2 rings (SSSR count). The Kier molecular flexibility index (Phi) is 6.09. The van der Waals surface area contributed by atoms with Gasteiger partial charge in [0.1, 0.15) is 11.6 Å². The van der Waals surface area contributed by atoms with Gasteiger partial charge in [-0.1, -0.05) is 18.7 Å². The fraction of sp³-hybridized carbons (Fsp3) is 0.158. The first kappa shape index (κ1) is 20.3. The van der Waals surface area contributed by atoms with E-state index in [2.05, 4.69) is 16.9 Å². The lowest BCUT2D eigenvalue weighted by Gasteiger charge is -2.13. The van der Waals surface area contributed by atoms with Crippen LogP contribution in [0.2, 0.25) is 0 Å². The summed E-state index contributed by atoms with van der Waals surface area (Å²) in [7, 11) is 0. The lowest BCUT2D eigenvalue weighted by Crippen LogP contribution is -2.15. The number of nitrogens with zero attached hydrogens (tertiary/aromatic N) is 1. The van der Waals surface area contributed by atoms with Crippen LogP contribution < -0.4 is 5.32 Å². The standard InChI is InChI=1S/C19H15F5N2O/c1-3-15(11(2)20)18(27)26-14-5-4-13(17(21)9-14)8-12-6-7-25-10-16(12)19(22,23)24/h3-7,9-10H,2,8H2,1H3,(H,26,27)/b15-3+. The van der Waals surface area contributed by atoms with Crippen LogP contribution in [0.4, 0.5) is 27.6 Å². The van der Waals surface area contributed by atoms with E-state index >= 15 is 0 Å². The number of benzene rings is 1. The number of pyridine rings is 1. The first-order valence-electron chi connectivity index (χ1n) is 7.74. The van der Waals surface area contributed by atoms with Crippen LogP contribution in [0.25, 0.3) is 0 Å². The molecule has 1 N–H and O–H groups in total. The van der Waals surface area contributed by atoms with Gasteiger partial charge in [-0.3, -0.25) is 9.78 Å². The summed E-state index contributed by atoms with van der Waals surface area (Å²) in [6.45, 7) is 4.47. The number of nitrogens with one attached hydrogen (secondary N) is 1. The molecule has 0 aliphatic rings. The Hall–Kier alpha value is -3.03. The number of allylic oxidation sites excluding steroid dienone is 1. The normalized spacial score (nSPS) is 12.0. The highest BCUT2D eigenvalue weighted by atomic mass is 19.4. The minimum absolute atomic E-state index is 0.00542. The van der Waals surface area contributed by atoms with Crippen LogP contribution in [-0.4, -0.2) is 10.9 Å². The van der Waals surface area contributed by atoms with Crippen LogP contribution in [0.3, 0.4) is 0 Å². The quantitative estimate of drug-likeness (QED) is 0.439. The van der Waals surface area contributed by atoms with Gasteiger partial charge >= 0.3 is 6.18 Å². The number of aromatic nitrogens is 1. The summed E-state index contributed by atoms with van der Waals surface area (Å²) >= 11 is 0. The van der Waals surface area contributed by atoms with Crippen molar-refractivity contribution in [1.29, 1.82) is 0 Å². The molecule has 1 heterocycles. The van der Waals surface area contributed by atoms with Gasteiger partial charge in [-0.15, -0.1) is 0 Å². The average Bonchev–Trinajstić information content (AvgIpc) is 2.57. The molecule has 0 saturated heterocycles. The third kappa shape index (κ3) is 4.99. The van der Waals surface area contributed by atoms with E-state index in [0.29, 0.717) is 6.20 Å². The predicted molar refractivity (Wildman–Crippen MR) is 91.1 cm³/mol. The van der Waals surface area contributed by atoms with Gasteiger partial charge in [-0.25, -0.2) is 8.78 Å². The van der Waals surface area contributed by atoms with Gasteiger partial charge in [-0.05, 0) is 36.2 Å². The smallest absolute Gasteiger partial charge is 0.322 e. The highest BCUT2D eigenvalue weighted by molar-refractivity contribution is 6.06. The predicted octanol–water partition coefficient (Wildman–Crippen LogP) is 5.20. The molecule has 3 nitrogen and oxygen atoms in total. The maximum atomic E-state index is 14.3. The highest BCUT2D eigenvalue weighted by Crippen LogP contribution is 2.32. The number of alkyl halides is 3. The number of hydrogen-bond acceptors (Lipinski definition) is 2. The third-order valence-electron chi connectivity index (χ3n) is 3.73. The molecule has 0 saturated carbocycles. The monoisotopic (exact) mass is 382 g/mol. The molecule has 0 fully saturated rings. The van der Waals surface area contributed by atoms with Crippen molar-refractivity contribution in [3.63, 3.8) is 0 Å². The first-order valence-corrected chi connectivity index (χ1v) is 7.74. The van der Waals surface area contributed by atoms with Gasteiger partial charge in [0, 0.05) is 24.5 Å². The molecule has 1 aromatic carbocycles. The molecule has 0 aliphatic heterocycles. The fourth-order valence-electron chi connectivity index (χ4n) is 2.42. The van der Waals surface area contributed by atoms with Crippen molar-refractivity contribution in [2.24, 2.45) is 0 Å². The lowest BCUT2D eigenvalue weighted by molar-refractivity contribution is -0.138. The second-order valence-electron chi connectivity index (χ2n) is 5.57. The zero-order valence-electron chi connectivity index (χ0n) is 14.2. The first-order chi connectivity index (χ1) is 12.6. The second-order valence-corrected chi connectivity index (χ2v) is 5.57. The maximum absolute atomic E-state index is 14.3. The Balaban J connectivity index is 2.24. The summed E-state index contributed by atoms with van der Waals surface area (Å²) in [6, 6.07) is 4.70. The zero-order chi connectivity index (χ0) is 20.2. The van der Waals surface area contributed by atoms with Crippen LogP contribution in [0.5, 0.6) is 0 Å². The number of halogens is 5. The van der Waals surface area contributed by atoms with Crippen molar-refractivity contribution in [3.05, 3.63) is 83.2 Å². The topological polar surface area (TPSA) is 42.0 Å². The van der Waals surface area contributed by atoms with Gasteiger partial charge in [0.15, 0.2) is 0 Å². The van der Waals surface area contributed by atoms with Crippen LogP contribution in [-0.2, 0) is 17.4 Å². The molecule has 0 aliphatic carbocycles. The van der Waals surface area contributed by atoms with E-state index in [1.54, 1.807) is 0 Å². The van der Waals surface area contributed by atoms with E-state index in [-0.39, 0.29) is 28.8 Å². The lowest BCUT2D eigenvalue weighted by atomic mass is 10.0. The molecule has 27 heavy (non-hydrogen) atoms. The molecule has 0 spiro atoms. The molecular weight excluding hydrogens is 367 g/mol. The molecule has 1 aromatic heterocycles. The average molecular weight is 382 g/mol. The number of rotatable bonds is 5. The zero-order valence-corrected chi connectivity index (χ0v) is 14.2. The molecule has 0 radical (unpaired) electrons. The van der Waals surface area contributed by atoms with Gasteiger partial charge < -0.3 is 5.32 Å². The number of amides is 1. The molecule has 0 bridgehead atoms. The largest absolute Gasteiger partial charge is 0.418 e. The minimum atomic E-state index is -4.61. The molecule has 8 heteroatoms. The molecule has 1 amide bonds. The van der Waals surface area contributed by atoms with Gasteiger partial charge in [-0.2, -0.15) is 13.2 Å². The fourth-order valence-corrected chi connectivity index (χ4v) is 2.42. The van der Waals surface area contributed by atoms with E-state index in [1.165, 1.54) is 37.4 Å². The van der Waals surface area contributed by atoms with E-state index in [4.69, 9.17) is 0 Å². The molecule has 2 aromatic rings. The Morgan fingerprint density at radius 3 is 2.52 bits per heavy atom. The van der Waals surface area contributed by atoms with E-state index < -0.39 is 29.3 Å². The SMILES string of the molecule is C=C(F)/C(=C\C)C(=O)Nc1ccc(Cc2ccncc2C(F)(F)F)c(F)c1. The molecule has 0 unspecified atom stereocenters. The van der Waals surface area contributed by atoms with E-state index in [9.17, 15) is 26.7 Å². The summed E-state index contributed by atoms with van der Waals surface area (Å²) in [5.74, 6) is -2.56. The van der Waals surface area contributed by atoms with Crippen LogP contribution in [0, 0.1) is 5.82 Å². The summed E-state index contributed by atoms with van der Waals surface area (Å²) in [5, 5.41) is 2.30. The second kappa shape index (κ2) is 8.11. The minimum Gasteiger partial charge on any atom is -0.322 e. The van der Waals surface area contributed by atoms with Gasteiger partial charge in [0.2, 0.25) is 0 Å². The van der Waals surface area contributed by atoms with Crippen molar-refractivity contribution in [3.8, 4) is 0 Å². The molecule has 0 atom stereocenters. The van der Waals surface area contributed by atoms with Gasteiger partial charge in [0.25, 0.3) is 5.91 Å². The van der Waals surface area contributed by atoms with E-state index in [1.807, 2.05) is 0 Å². The third-order valence-corrected chi connectivity index (χ3v) is 3.73. The van der Waals surface area contributed by atoms with Crippen LogP contribution in [0.15, 0.2) is 60.7 Å². The van der Waals surface area contributed by atoms with Crippen LogP contribution in [0.1, 0.15) is 23.6 Å². The van der Waals surface area contributed by atoms with Crippen molar-refractivity contribution in [2.75, 3.05) is 5.32 Å².